The van der Waals surface area contributed by atoms with E-state index < -0.39 is 18.5 Å². The first-order valence-corrected chi connectivity index (χ1v) is 8.37. The number of benzene rings is 2. The summed E-state index contributed by atoms with van der Waals surface area (Å²) in [5.74, 6) is -0.144. The number of halogens is 1. The second-order valence-corrected chi connectivity index (χ2v) is 5.74. The molecule has 2 aromatic rings. The molecule has 138 valence electrons. The SMILES string of the molecule is CCOc1cc(C(=O)OCC(=O)Nc2cccc(Cl)c2C)ccc1OC. The molecule has 0 spiro atoms. The number of hydrogen-bond donors (Lipinski definition) is 1. The van der Waals surface area contributed by atoms with Crippen molar-refractivity contribution in [2.24, 2.45) is 0 Å². The molecule has 0 aliphatic rings. The van der Waals surface area contributed by atoms with Gasteiger partial charge in [0.2, 0.25) is 0 Å². The molecule has 0 aromatic heterocycles. The number of hydrogen-bond acceptors (Lipinski definition) is 5. The molecule has 0 saturated heterocycles. The first kappa shape index (κ1) is 19.6. The minimum Gasteiger partial charge on any atom is -0.493 e. The van der Waals surface area contributed by atoms with Crippen molar-refractivity contribution in [3.05, 3.63) is 52.5 Å². The summed E-state index contributed by atoms with van der Waals surface area (Å²) in [5.41, 5.74) is 1.58. The van der Waals surface area contributed by atoms with E-state index in [1.165, 1.54) is 13.2 Å². The van der Waals surface area contributed by atoms with Crippen LogP contribution in [0.5, 0.6) is 11.5 Å². The van der Waals surface area contributed by atoms with Gasteiger partial charge in [-0.25, -0.2) is 4.79 Å². The van der Waals surface area contributed by atoms with Crippen LogP contribution in [0.25, 0.3) is 0 Å². The summed E-state index contributed by atoms with van der Waals surface area (Å²) in [4.78, 5) is 24.2. The van der Waals surface area contributed by atoms with Gasteiger partial charge in [0.25, 0.3) is 5.91 Å². The summed E-state index contributed by atoms with van der Waals surface area (Å²) in [7, 11) is 1.51. The molecule has 7 heteroatoms. The maximum Gasteiger partial charge on any atom is 0.338 e. The van der Waals surface area contributed by atoms with Gasteiger partial charge < -0.3 is 19.5 Å². The number of nitrogens with one attached hydrogen (secondary N) is 1. The Labute approximate surface area is 157 Å². The number of esters is 1. The Morgan fingerprint density at radius 3 is 2.62 bits per heavy atom. The Hall–Kier alpha value is -2.73. The summed E-state index contributed by atoms with van der Waals surface area (Å²) < 4.78 is 15.6. The Bertz CT molecular complexity index is 807. The lowest BCUT2D eigenvalue weighted by molar-refractivity contribution is -0.119. The lowest BCUT2D eigenvalue weighted by atomic mass is 10.2. The van der Waals surface area contributed by atoms with Crippen LogP contribution in [-0.4, -0.2) is 32.2 Å². The van der Waals surface area contributed by atoms with Gasteiger partial charge in [0.15, 0.2) is 18.1 Å². The molecule has 0 unspecified atom stereocenters. The number of ether oxygens (including phenoxy) is 3. The minimum absolute atomic E-state index is 0.265. The van der Waals surface area contributed by atoms with Crippen LogP contribution in [0.3, 0.4) is 0 Å². The zero-order valence-electron chi connectivity index (χ0n) is 14.8. The van der Waals surface area contributed by atoms with Gasteiger partial charge in [-0.1, -0.05) is 17.7 Å². The second-order valence-electron chi connectivity index (χ2n) is 5.34. The number of rotatable bonds is 7. The Morgan fingerprint density at radius 2 is 1.92 bits per heavy atom. The molecule has 0 aliphatic heterocycles. The second kappa shape index (κ2) is 9.10. The first-order chi connectivity index (χ1) is 12.5. The molecule has 0 saturated carbocycles. The van der Waals surface area contributed by atoms with Gasteiger partial charge in [-0.05, 0) is 49.7 Å². The van der Waals surface area contributed by atoms with Crippen molar-refractivity contribution in [2.45, 2.75) is 13.8 Å². The van der Waals surface area contributed by atoms with E-state index in [0.717, 1.165) is 5.56 Å². The summed E-state index contributed by atoms with van der Waals surface area (Å²) in [5, 5.41) is 3.21. The summed E-state index contributed by atoms with van der Waals surface area (Å²) in [6.45, 7) is 3.63. The first-order valence-electron chi connectivity index (χ1n) is 7.99. The highest BCUT2D eigenvalue weighted by molar-refractivity contribution is 6.31. The minimum atomic E-state index is -0.633. The number of anilines is 1. The topological polar surface area (TPSA) is 73.9 Å². The molecule has 26 heavy (non-hydrogen) atoms. The zero-order valence-corrected chi connectivity index (χ0v) is 15.6. The highest BCUT2D eigenvalue weighted by Crippen LogP contribution is 2.28. The van der Waals surface area contributed by atoms with Crippen molar-refractivity contribution in [2.75, 3.05) is 25.6 Å². The third kappa shape index (κ3) is 4.89. The van der Waals surface area contributed by atoms with Crippen LogP contribution < -0.4 is 14.8 Å². The van der Waals surface area contributed by atoms with Crippen molar-refractivity contribution >= 4 is 29.2 Å². The predicted molar refractivity (Wildman–Crippen MR) is 99.3 cm³/mol. The van der Waals surface area contributed by atoms with Crippen LogP contribution in [0.15, 0.2) is 36.4 Å². The van der Waals surface area contributed by atoms with E-state index in [2.05, 4.69) is 5.32 Å². The fourth-order valence-corrected chi connectivity index (χ4v) is 2.39. The van der Waals surface area contributed by atoms with E-state index in [0.29, 0.717) is 28.8 Å². The van der Waals surface area contributed by atoms with E-state index >= 15 is 0 Å². The molecule has 6 nitrogen and oxygen atoms in total. The normalized spacial score (nSPS) is 10.2. The summed E-state index contributed by atoms with van der Waals surface area (Å²) >= 11 is 6.01. The smallest absolute Gasteiger partial charge is 0.338 e. The van der Waals surface area contributed by atoms with E-state index in [9.17, 15) is 9.59 Å². The van der Waals surface area contributed by atoms with Gasteiger partial charge in [0, 0.05) is 10.7 Å². The lowest BCUT2D eigenvalue weighted by Crippen LogP contribution is -2.21. The quantitative estimate of drug-likeness (QED) is 0.742. The zero-order chi connectivity index (χ0) is 19.1. The molecule has 2 aromatic carbocycles. The van der Waals surface area contributed by atoms with Crippen LogP contribution in [0.4, 0.5) is 5.69 Å². The number of carbonyl (C=O) groups is 2. The number of carbonyl (C=O) groups excluding carboxylic acids is 2. The van der Waals surface area contributed by atoms with E-state index in [-0.39, 0.29) is 5.56 Å². The van der Waals surface area contributed by atoms with Crippen LogP contribution in [-0.2, 0) is 9.53 Å². The van der Waals surface area contributed by atoms with Crippen molar-refractivity contribution < 1.29 is 23.8 Å². The predicted octanol–water partition coefficient (Wildman–Crippen LogP) is 3.85. The molecule has 1 amide bonds. The lowest BCUT2D eigenvalue weighted by Gasteiger charge is -2.12. The average Bonchev–Trinajstić information content (AvgIpc) is 2.63. The molecule has 0 heterocycles. The molecule has 0 bridgehead atoms. The average molecular weight is 378 g/mol. The molecule has 1 N–H and O–H groups in total. The fraction of sp³-hybridized carbons (Fsp3) is 0.263. The molecule has 0 atom stereocenters. The Kier molecular flexibility index (Phi) is 6.86. The largest absolute Gasteiger partial charge is 0.493 e. The third-order valence-electron chi connectivity index (χ3n) is 3.58. The van der Waals surface area contributed by atoms with Crippen molar-refractivity contribution in [1.82, 2.24) is 0 Å². The Balaban J connectivity index is 1.98. The van der Waals surface area contributed by atoms with Gasteiger partial charge in [0.05, 0.1) is 19.3 Å². The van der Waals surface area contributed by atoms with Crippen LogP contribution in [0.2, 0.25) is 5.02 Å². The van der Waals surface area contributed by atoms with Gasteiger partial charge >= 0.3 is 5.97 Å². The fourth-order valence-electron chi connectivity index (χ4n) is 2.22. The molecule has 0 aliphatic carbocycles. The summed E-state index contributed by atoms with van der Waals surface area (Å²) in [6, 6.07) is 9.85. The maximum absolute atomic E-state index is 12.2. The van der Waals surface area contributed by atoms with Crippen molar-refractivity contribution in [3.63, 3.8) is 0 Å². The van der Waals surface area contributed by atoms with Crippen LogP contribution >= 0.6 is 11.6 Å². The molecule has 0 radical (unpaired) electrons. The molecular weight excluding hydrogens is 358 g/mol. The highest BCUT2D eigenvalue weighted by atomic mass is 35.5. The van der Waals surface area contributed by atoms with Crippen molar-refractivity contribution in [1.29, 1.82) is 0 Å². The monoisotopic (exact) mass is 377 g/mol. The maximum atomic E-state index is 12.2. The van der Waals surface area contributed by atoms with Crippen LogP contribution in [0.1, 0.15) is 22.8 Å². The third-order valence-corrected chi connectivity index (χ3v) is 3.98. The molecule has 2 rings (SSSR count). The summed E-state index contributed by atoms with van der Waals surface area (Å²) in [6.07, 6.45) is 0. The van der Waals surface area contributed by atoms with E-state index in [1.807, 2.05) is 6.92 Å². The highest BCUT2D eigenvalue weighted by Gasteiger charge is 2.14. The van der Waals surface area contributed by atoms with Gasteiger partial charge in [-0.15, -0.1) is 0 Å². The van der Waals surface area contributed by atoms with Gasteiger partial charge in [0.1, 0.15) is 0 Å². The molecule has 0 fully saturated rings. The van der Waals surface area contributed by atoms with Crippen LogP contribution in [0, 0.1) is 6.92 Å². The van der Waals surface area contributed by atoms with E-state index in [1.54, 1.807) is 37.3 Å². The number of amides is 1. The van der Waals surface area contributed by atoms with Gasteiger partial charge in [-0.2, -0.15) is 0 Å². The standard InChI is InChI=1S/C19H20ClNO5/c1-4-25-17-10-13(8-9-16(17)24-3)19(23)26-11-18(22)21-15-7-5-6-14(20)12(15)2/h5-10H,4,11H2,1-3H3,(H,21,22). The van der Waals surface area contributed by atoms with Crippen molar-refractivity contribution in [3.8, 4) is 11.5 Å². The van der Waals surface area contributed by atoms with E-state index in [4.69, 9.17) is 25.8 Å². The molecular formula is C19H20ClNO5. The Morgan fingerprint density at radius 1 is 1.15 bits per heavy atom. The number of methoxy groups -OCH3 is 1. The van der Waals surface area contributed by atoms with Gasteiger partial charge in [-0.3, -0.25) is 4.79 Å².